The number of hydrogen-bond donors (Lipinski definition) is 4. The summed E-state index contributed by atoms with van der Waals surface area (Å²) < 4.78 is 0. The maximum atomic E-state index is 13.4. The molecule has 252 valence electrons. The summed E-state index contributed by atoms with van der Waals surface area (Å²) in [5.74, 6) is 1.19. The summed E-state index contributed by atoms with van der Waals surface area (Å²) in [6, 6.07) is 18.8. The number of phenolic OH excluding ortho intramolecular Hbond substituents is 2. The number of phenols is 2. The quantitative estimate of drug-likeness (QED) is 0.175. The van der Waals surface area contributed by atoms with Crippen molar-refractivity contribution in [1.82, 2.24) is 24.8 Å². The summed E-state index contributed by atoms with van der Waals surface area (Å²) in [5, 5.41) is 26.9. The maximum absolute atomic E-state index is 13.4. The number of likely N-dealkylation sites (N-methyl/N-ethyl adjacent to an activating group) is 1. The van der Waals surface area contributed by atoms with Crippen molar-refractivity contribution in [3.05, 3.63) is 88.5 Å². The third-order valence-corrected chi connectivity index (χ3v) is 9.05. The number of amides is 1. The number of nitrogens with one attached hydrogen (secondary N) is 2. The van der Waals surface area contributed by atoms with Crippen molar-refractivity contribution in [2.24, 2.45) is 0 Å². The second-order valence-electron chi connectivity index (χ2n) is 12.6. The van der Waals surface area contributed by atoms with Crippen LogP contribution in [0.15, 0.2) is 60.7 Å². The molecule has 2 aliphatic heterocycles. The van der Waals surface area contributed by atoms with Crippen molar-refractivity contribution in [1.29, 1.82) is 0 Å². The van der Waals surface area contributed by atoms with E-state index in [9.17, 15) is 15.0 Å². The number of carbonyl (C=O) groups is 1. The van der Waals surface area contributed by atoms with Gasteiger partial charge in [0, 0.05) is 76.7 Å². The smallest absolute Gasteiger partial charge is 0.258 e. The maximum Gasteiger partial charge on any atom is 0.258 e. The van der Waals surface area contributed by atoms with Crippen molar-refractivity contribution in [2.45, 2.75) is 33.4 Å². The average molecular weight is 652 g/mol. The van der Waals surface area contributed by atoms with Gasteiger partial charge in [-0.25, -0.2) is 0 Å². The van der Waals surface area contributed by atoms with Crippen LogP contribution in [0.3, 0.4) is 0 Å². The standard InChI is InChI=1S/C36H45N9O3/c1-4-45(30-7-5-6-25(2)20-30)33(48)27-10-8-26(9-11-27)23-38-35-39-34(37-13-15-43-18-16-42(3)17-19-43)40-36(41-35)44-14-12-28-21-31(46)32(47)22-29(28)24-44/h5-11,20-22,46-47H,4,12-19,23-24H2,1-3H3,(H2,37,38,39,40,41). The molecule has 0 atom stereocenters. The lowest BCUT2D eigenvalue weighted by Gasteiger charge is -2.32. The Morgan fingerprint density at radius 1 is 0.875 bits per heavy atom. The van der Waals surface area contributed by atoms with Gasteiger partial charge in [-0.3, -0.25) is 9.69 Å². The number of anilines is 4. The Kier molecular flexibility index (Phi) is 10.2. The Morgan fingerprint density at radius 2 is 1.58 bits per heavy atom. The average Bonchev–Trinajstić information content (AvgIpc) is 3.09. The molecule has 0 bridgehead atoms. The van der Waals surface area contributed by atoms with Crippen molar-refractivity contribution < 1.29 is 15.0 Å². The molecule has 4 N–H and O–H groups in total. The molecule has 48 heavy (non-hydrogen) atoms. The second-order valence-corrected chi connectivity index (χ2v) is 12.6. The van der Waals surface area contributed by atoms with E-state index in [1.807, 2.05) is 62.4 Å². The predicted octanol–water partition coefficient (Wildman–Crippen LogP) is 4.09. The molecule has 0 aliphatic carbocycles. The SMILES string of the molecule is CCN(C(=O)c1ccc(CNc2nc(NCCN3CCN(C)CC3)nc(N3CCc4cc(O)c(O)cc4C3)n2)cc1)c1cccc(C)c1. The molecule has 1 amide bonds. The lowest BCUT2D eigenvalue weighted by Crippen LogP contribution is -2.45. The molecule has 1 fully saturated rings. The van der Waals surface area contributed by atoms with Gasteiger partial charge in [0.2, 0.25) is 17.8 Å². The van der Waals surface area contributed by atoms with Crippen molar-refractivity contribution in [3.63, 3.8) is 0 Å². The molecule has 1 aromatic heterocycles. The normalized spacial score (nSPS) is 15.2. The molecule has 0 radical (unpaired) electrons. The van der Waals surface area contributed by atoms with Crippen LogP contribution in [0.25, 0.3) is 0 Å². The van der Waals surface area contributed by atoms with Gasteiger partial charge in [-0.05, 0) is 86.0 Å². The van der Waals surface area contributed by atoms with Crippen LogP contribution in [0.2, 0.25) is 0 Å². The third-order valence-electron chi connectivity index (χ3n) is 9.05. The minimum atomic E-state index is -0.134. The number of benzene rings is 3. The lowest BCUT2D eigenvalue weighted by molar-refractivity contribution is 0.0988. The Hall–Kier alpha value is -4.94. The topological polar surface area (TPSA) is 133 Å². The van der Waals surface area contributed by atoms with Gasteiger partial charge in [0.15, 0.2) is 11.5 Å². The van der Waals surface area contributed by atoms with Crippen molar-refractivity contribution >= 4 is 29.4 Å². The minimum absolute atomic E-state index is 0.0383. The summed E-state index contributed by atoms with van der Waals surface area (Å²) in [4.78, 5) is 36.2. The molecule has 0 unspecified atom stereocenters. The number of hydrogen-bond acceptors (Lipinski definition) is 11. The first-order valence-corrected chi connectivity index (χ1v) is 16.7. The molecule has 4 aromatic rings. The van der Waals surface area contributed by atoms with Crippen LogP contribution in [0.4, 0.5) is 23.5 Å². The Bertz CT molecular complexity index is 1720. The largest absolute Gasteiger partial charge is 0.504 e. The lowest BCUT2D eigenvalue weighted by atomic mass is 9.99. The van der Waals surface area contributed by atoms with E-state index in [0.717, 1.165) is 60.7 Å². The Morgan fingerprint density at radius 3 is 2.29 bits per heavy atom. The number of fused-ring (bicyclic) bond motifs is 1. The highest BCUT2D eigenvalue weighted by Gasteiger charge is 2.22. The van der Waals surface area contributed by atoms with Gasteiger partial charge in [0.1, 0.15) is 0 Å². The number of piperazine rings is 1. The van der Waals surface area contributed by atoms with Crippen LogP contribution in [0, 0.1) is 6.92 Å². The van der Waals surface area contributed by atoms with E-state index in [4.69, 9.17) is 15.0 Å². The van der Waals surface area contributed by atoms with Gasteiger partial charge in [-0.1, -0.05) is 24.3 Å². The second kappa shape index (κ2) is 14.9. The van der Waals surface area contributed by atoms with Crippen LogP contribution in [-0.4, -0.2) is 100 Å². The molecular weight excluding hydrogens is 606 g/mol. The highest BCUT2D eigenvalue weighted by atomic mass is 16.3. The van der Waals surface area contributed by atoms with Crippen molar-refractivity contribution in [3.8, 4) is 11.5 Å². The fraction of sp³-hybridized carbons (Fsp3) is 0.389. The van der Waals surface area contributed by atoms with E-state index in [1.54, 1.807) is 17.0 Å². The van der Waals surface area contributed by atoms with E-state index in [0.29, 0.717) is 62.6 Å². The van der Waals surface area contributed by atoms with Gasteiger partial charge < -0.3 is 35.5 Å². The van der Waals surface area contributed by atoms with E-state index in [2.05, 4.69) is 32.4 Å². The molecule has 1 saturated heterocycles. The summed E-state index contributed by atoms with van der Waals surface area (Å²) in [6.45, 7) is 12.0. The van der Waals surface area contributed by atoms with E-state index >= 15 is 0 Å². The zero-order valence-corrected chi connectivity index (χ0v) is 28.0. The molecule has 12 heteroatoms. The number of rotatable bonds is 11. The molecule has 6 rings (SSSR count). The van der Waals surface area contributed by atoms with E-state index in [-0.39, 0.29) is 17.4 Å². The number of aromatic hydroxyl groups is 2. The first-order valence-electron chi connectivity index (χ1n) is 16.7. The molecule has 0 spiro atoms. The van der Waals surface area contributed by atoms with Crippen LogP contribution in [-0.2, 0) is 19.5 Å². The number of nitrogens with zero attached hydrogens (tertiary/aromatic N) is 7. The summed E-state index contributed by atoms with van der Waals surface area (Å²) in [6.07, 6.45) is 0.689. The zero-order chi connectivity index (χ0) is 33.6. The van der Waals surface area contributed by atoms with Crippen LogP contribution < -0.4 is 20.4 Å². The van der Waals surface area contributed by atoms with E-state index < -0.39 is 0 Å². The molecule has 0 saturated carbocycles. The monoisotopic (exact) mass is 651 g/mol. The minimum Gasteiger partial charge on any atom is -0.504 e. The molecular formula is C36H45N9O3. The zero-order valence-electron chi connectivity index (χ0n) is 28.0. The van der Waals surface area contributed by atoms with Crippen LogP contribution in [0.1, 0.15) is 39.5 Å². The van der Waals surface area contributed by atoms with Gasteiger partial charge in [0.05, 0.1) is 0 Å². The van der Waals surface area contributed by atoms with Gasteiger partial charge >= 0.3 is 0 Å². The summed E-state index contributed by atoms with van der Waals surface area (Å²) in [5.41, 5.74) is 5.54. The number of aromatic nitrogens is 3. The fourth-order valence-corrected chi connectivity index (χ4v) is 6.16. The highest BCUT2D eigenvalue weighted by molar-refractivity contribution is 6.06. The van der Waals surface area contributed by atoms with Crippen LogP contribution >= 0.6 is 0 Å². The number of aryl methyl sites for hydroxylation is 1. The fourth-order valence-electron chi connectivity index (χ4n) is 6.16. The summed E-state index contributed by atoms with van der Waals surface area (Å²) >= 11 is 0. The molecule has 12 nitrogen and oxygen atoms in total. The molecule has 2 aliphatic rings. The highest BCUT2D eigenvalue weighted by Crippen LogP contribution is 2.32. The van der Waals surface area contributed by atoms with Gasteiger partial charge in [0.25, 0.3) is 5.91 Å². The van der Waals surface area contributed by atoms with E-state index in [1.165, 1.54) is 0 Å². The Balaban J connectivity index is 1.15. The van der Waals surface area contributed by atoms with Crippen molar-refractivity contribution in [2.75, 3.05) is 79.8 Å². The van der Waals surface area contributed by atoms with Crippen LogP contribution in [0.5, 0.6) is 11.5 Å². The first-order chi connectivity index (χ1) is 23.2. The molecule has 3 aromatic carbocycles. The predicted molar refractivity (Wildman–Crippen MR) is 189 cm³/mol. The van der Waals surface area contributed by atoms with Gasteiger partial charge in [-0.2, -0.15) is 15.0 Å². The first kappa shape index (κ1) is 33.0. The number of carbonyl (C=O) groups excluding carboxylic acids is 1. The molecule has 3 heterocycles. The Labute approximate surface area is 282 Å². The van der Waals surface area contributed by atoms with Gasteiger partial charge in [-0.15, -0.1) is 0 Å². The summed E-state index contributed by atoms with van der Waals surface area (Å²) in [7, 11) is 2.15. The third kappa shape index (κ3) is 7.95.